The van der Waals surface area contributed by atoms with Crippen LogP contribution in [-0.2, 0) is 19.2 Å². The summed E-state index contributed by atoms with van der Waals surface area (Å²) >= 11 is 0. The van der Waals surface area contributed by atoms with Crippen molar-refractivity contribution in [1.82, 2.24) is 0 Å². The molecule has 24 heavy (non-hydrogen) atoms. The number of rotatable bonds is 5. The van der Waals surface area contributed by atoms with Crippen molar-refractivity contribution < 1.29 is 179 Å². The van der Waals surface area contributed by atoms with E-state index in [9.17, 15) is 29.7 Å². The third-order valence-corrected chi connectivity index (χ3v) is 1.25. The van der Waals surface area contributed by atoms with Gasteiger partial charge in [0.25, 0.3) is 0 Å². The summed E-state index contributed by atoms with van der Waals surface area (Å²) < 4.78 is 0. The first-order chi connectivity index (χ1) is 7.51. The van der Waals surface area contributed by atoms with Gasteiger partial charge in [0.2, 0.25) is 0 Å². The summed E-state index contributed by atoms with van der Waals surface area (Å²) in [6.45, 7) is 0.972. The van der Waals surface area contributed by atoms with Crippen LogP contribution >= 0.6 is 0 Å². The molecule has 0 atom stereocenters. The molecule has 0 heterocycles. The van der Waals surface area contributed by atoms with Crippen LogP contribution in [0.1, 0.15) is 19.8 Å². The van der Waals surface area contributed by atoms with Gasteiger partial charge in [-0.1, -0.05) is 0 Å². The van der Waals surface area contributed by atoms with E-state index < -0.39 is 42.3 Å². The van der Waals surface area contributed by atoms with E-state index in [1.54, 1.807) is 0 Å². The zero-order valence-corrected chi connectivity index (χ0v) is 22.1. The first kappa shape index (κ1) is 56.2. The summed E-state index contributed by atoms with van der Waals surface area (Å²) in [5.41, 5.74) is -2.97. The Hall–Kier alpha value is 1.72. The fourth-order valence-electron chi connectivity index (χ4n) is 0.684. The Labute approximate surface area is 225 Å². The second-order valence-electron chi connectivity index (χ2n) is 2.91. The summed E-state index contributed by atoms with van der Waals surface area (Å²) in [4.78, 5) is 38.9. The van der Waals surface area contributed by atoms with Gasteiger partial charge >= 0.3 is 118 Å². The van der Waals surface area contributed by atoms with Crippen molar-refractivity contribution in [3.8, 4) is 0 Å². The number of carboxylic acid groups (broad SMARTS) is 4. The van der Waals surface area contributed by atoms with Crippen LogP contribution in [0.15, 0.2) is 0 Å². The summed E-state index contributed by atoms with van der Waals surface area (Å²) in [6, 6.07) is 0. The summed E-state index contributed by atoms with van der Waals surface area (Å²) in [6.07, 6.45) is -2.72. The zero-order valence-electron chi connectivity index (χ0n) is 14.1. The van der Waals surface area contributed by atoms with Crippen LogP contribution in [0.3, 0.4) is 0 Å². The first-order valence-electron chi connectivity index (χ1n) is 4.02. The van der Waals surface area contributed by atoms with Crippen molar-refractivity contribution in [3.05, 3.63) is 0 Å². The maximum atomic E-state index is 10.1. The van der Waals surface area contributed by atoms with E-state index in [0.29, 0.717) is 0 Å². The molecule has 16 heteroatoms. The molecule has 0 unspecified atom stereocenters. The monoisotopic (exact) mass is 394 g/mol. The molecule has 12 nitrogen and oxygen atoms in total. The summed E-state index contributed by atoms with van der Waals surface area (Å²) in [5, 5.41) is 47.8. The first-order valence-corrected chi connectivity index (χ1v) is 4.02. The predicted octanol–water partition coefficient (Wildman–Crippen LogP) is -21.0. The molecule has 0 radical (unpaired) electrons. The molecule has 0 aromatic heterocycles. The normalized spacial score (nSPS) is 6.92. The number of carboxylic acids is 4. The van der Waals surface area contributed by atoms with E-state index in [2.05, 4.69) is 0 Å². The van der Waals surface area contributed by atoms with Gasteiger partial charge in [0, 0.05) is 30.7 Å². The molecular weight excluding hydrogens is 380 g/mol. The van der Waals surface area contributed by atoms with Crippen LogP contribution < -0.4 is 139 Å². The maximum Gasteiger partial charge on any atom is 1.00 e. The molecule has 0 aromatic rings. The van der Waals surface area contributed by atoms with E-state index in [1.165, 1.54) is 0 Å². The molecule has 0 aliphatic rings. The Morgan fingerprint density at radius 2 is 0.917 bits per heavy atom. The molecule has 0 saturated carbocycles. The van der Waals surface area contributed by atoms with Gasteiger partial charge in [-0.25, -0.2) is 0 Å². The van der Waals surface area contributed by atoms with Crippen molar-refractivity contribution in [2.24, 2.45) is 0 Å². The van der Waals surface area contributed by atoms with Gasteiger partial charge in [0.05, 0.1) is 5.97 Å². The van der Waals surface area contributed by atoms with Gasteiger partial charge in [-0.2, -0.15) is 0 Å². The average molecular weight is 394 g/mol. The molecular formula is C8H14Na4O12. The quantitative estimate of drug-likeness (QED) is 0.432. The maximum absolute atomic E-state index is 10.1. The number of hydrogen-bond acceptors (Lipinski definition) is 9. The second-order valence-corrected chi connectivity index (χ2v) is 2.91. The Morgan fingerprint density at radius 1 is 0.750 bits per heavy atom. The average Bonchev–Trinajstić information content (AvgIpc) is 1.98. The number of carbonyl (C=O) groups excluding carboxylic acids is 4. The minimum absolute atomic E-state index is 0. The van der Waals surface area contributed by atoms with Crippen molar-refractivity contribution in [2.75, 3.05) is 0 Å². The van der Waals surface area contributed by atoms with Gasteiger partial charge in [-0.3, -0.25) is 0 Å². The van der Waals surface area contributed by atoms with Crippen molar-refractivity contribution in [1.29, 1.82) is 0 Å². The molecule has 0 rings (SSSR count). The number of aliphatic hydroxyl groups is 1. The van der Waals surface area contributed by atoms with Crippen LogP contribution in [0.4, 0.5) is 0 Å². The molecule has 0 aliphatic heterocycles. The molecule has 0 amide bonds. The van der Waals surface area contributed by atoms with E-state index in [-0.39, 0.29) is 135 Å². The van der Waals surface area contributed by atoms with Gasteiger partial charge in [0.15, 0.2) is 0 Å². The molecule has 122 valence electrons. The van der Waals surface area contributed by atoms with E-state index in [4.69, 9.17) is 15.0 Å². The van der Waals surface area contributed by atoms with E-state index in [1.807, 2.05) is 0 Å². The molecule has 0 spiro atoms. The Balaban J connectivity index is -0.0000000266. The zero-order chi connectivity index (χ0) is 14.2. The van der Waals surface area contributed by atoms with Gasteiger partial charge in [0.1, 0.15) is 5.60 Å². The number of aliphatic carboxylic acids is 4. The standard InChI is InChI=1S/C6H8O7.C2H4O2.4Na.3H2O/c7-3(8)1-6(13,5(11)12)2-4(9)10;1-2(3)4;;;;;;;/h13H,1-2H2,(H,7,8)(H,9,10)(H,11,12);1H3,(H,3,4);;;;;3*1H2/q;;4*+1;;;/p-4. The smallest absolute Gasteiger partial charge is 0.550 e. The SMILES string of the molecule is CC(=O)[O-].O.O.O.O=C([O-])CC(O)(CC(=O)[O-])C(=O)[O-].[Na+].[Na+].[Na+].[Na+]. The van der Waals surface area contributed by atoms with Crippen LogP contribution in [0.25, 0.3) is 0 Å². The van der Waals surface area contributed by atoms with Crippen LogP contribution in [0, 0.1) is 0 Å². The molecule has 0 aromatic carbocycles. The predicted molar refractivity (Wildman–Crippen MR) is 50.7 cm³/mol. The Morgan fingerprint density at radius 3 is 1.00 bits per heavy atom. The third kappa shape index (κ3) is 39.0. The Bertz CT molecular complexity index is 317. The third-order valence-electron chi connectivity index (χ3n) is 1.25. The van der Waals surface area contributed by atoms with E-state index in [0.717, 1.165) is 6.92 Å². The summed E-state index contributed by atoms with van der Waals surface area (Å²) in [7, 11) is 0. The number of hydrogen-bond donors (Lipinski definition) is 1. The van der Waals surface area contributed by atoms with Crippen molar-refractivity contribution >= 4 is 23.9 Å². The molecule has 0 aliphatic carbocycles. The van der Waals surface area contributed by atoms with Crippen LogP contribution in [-0.4, -0.2) is 51.0 Å². The van der Waals surface area contributed by atoms with Gasteiger partial charge in [-0.15, -0.1) is 0 Å². The van der Waals surface area contributed by atoms with Crippen LogP contribution in [0.2, 0.25) is 0 Å². The molecule has 0 fully saturated rings. The minimum atomic E-state index is -2.97. The van der Waals surface area contributed by atoms with E-state index >= 15 is 0 Å². The van der Waals surface area contributed by atoms with Crippen molar-refractivity contribution in [3.63, 3.8) is 0 Å². The molecule has 0 saturated heterocycles. The Kier molecular flexibility index (Phi) is 69.1. The molecule has 0 bridgehead atoms. The minimum Gasteiger partial charge on any atom is -0.550 e. The topological polar surface area (TPSA) is 275 Å². The van der Waals surface area contributed by atoms with Crippen molar-refractivity contribution in [2.45, 2.75) is 25.4 Å². The summed E-state index contributed by atoms with van der Waals surface area (Å²) in [5.74, 6) is -7.07. The molecule has 7 N–H and O–H groups in total. The van der Waals surface area contributed by atoms with Gasteiger partial charge in [-0.05, 0) is 6.92 Å². The van der Waals surface area contributed by atoms with Crippen LogP contribution in [0.5, 0.6) is 0 Å². The largest absolute Gasteiger partial charge is 1.00 e. The fraction of sp³-hybridized carbons (Fsp3) is 0.500. The fourth-order valence-corrected chi connectivity index (χ4v) is 0.684. The number of carbonyl (C=O) groups is 4. The van der Waals surface area contributed by atoms with Gasteiger partial charge < -0.3 is 61.1 Å². The second kappa shape index (κ2) is 29.5.